The Morgan fingerprint density at radius 1 is 1.38 bits per heavy atom. The molecule has 16 heavy (non-hydrogen) atoms. The minimum absolute atomic E-state index is 0.01000. The normalized spacial score (nSPS) is 25.8. The SMILES string of the molecule is CCC(CN)N1C(=O)CC2(CCCC2)C1=O. The van der Waals surface area contributed by atoms with Crippen molar-refractivity contribution in [1.82, 2.24) is 4.90 Å². The largest absolute Gasteiger partial charge is 0.328 e. The van der Waals surface area contributed by atoms with Gasteiger partial charge in [0.05, 0.1) is 11.5 Å². The van der Waals surface area contributed by atoms with Crippen LogP contribution in [0, 0.1) is 5.41 Å². The maximum atomic E-state index is 12.3. The van der Waals surface area contributed by atoms with E-state index in [9.17, 15) is 9.59 Å². The molecule has 1 saturated carbocycles. The summed E-state index contributed by atoms with van der Waals surface area (Å²) in [5, 5.41) is 0. The van der Waals surface area contributed by atoms with Crippen molar-refractivity contribution in [2.45, 2.75) is 51.5 Å². The van der Waals surface area contributed by atoms with Crippen LogP contribution in [0.1, 0.15) is 45.4 Å². The third kappa shape index (κ3) is 1.56. The van der Waals surface area contributed by atoms with Crippen molar-refractivity contribution in [2.24, 2.45) is 11.1 Å². The molecule has 0 aromatic carbocycles. The van der Waals surface area contributed by atoms with Crippen molar-refractivity contribution in [3.8, 4) is 0 Å². The molecule has 2 aliphatic rings. The van der Waals surface area contributed by atoms with Crippen LogP contribution in [-0.4, -0.2) is 29.3 Å². The van der Waals surface area contributed by atoms with E-state index in [4.69, 9.17) is 5.73 Å². The fraction of sp³-hybridized carbons (Fsp3) is 0.833. The van der Waals surface area contributed by atoms with Gasteiger partial charge in [0.15, 0.2) is 0 Å². The average molecular weight is 224 g/mol. The van der Waals surface area contributed by atoms with Gasteiger partial charge in [0.1, 0.15) is 0 Å². The van der Waals surface area contributed by atoms with Gasteiger partial charge in [-0.05, 0) is 19.3 Å². The first-order valence-electron chi connectivity index (χ1n) is 6.21. The zero-order valence-corrected chi connectivity index (χ0v) is 9.87. The highest BCUT2D eigenvalue weighted by Gasteiger charge is 2.53. The molecule has 1 aliphatic carbocycles. The lowest BCUT2D eigenvalue weighted by molar-refractivity contribution is -0.143. The zero-order chi connectivity index (χ0) is 11.8. The van der Waals surface area contributed by atoms with Crippen LogP contribution in [0.4, 0.5) is 0 Å². The summed E-state index contributed by atoms with van der Waals surface area (Å²) >= 11 is 0. The minimum Gasteiger partial charge on any atom is -0.328 e. The molecular weight excluding hydrogens is 204 g/mol. The van der Waals surface area contributed by atoms with Gasteiger partial charge in [0.25, 0.3) is 0 Å². The molecule has 1 unspecified atom stereocenters. The number of hydrogen-bond acceptors (Lipinski definition) is 3. The Balaban J connectivity index is 2.22. The first kappa shape index (κ1) is 11.6. The van der Waals surface area contributed by atoms with Crippen LogP contribution in [0.25, 0.3) is 0 Å². The lowest BCUT2D eigenvalue weighted by atomic mass is 9.84. The smallest absolute Gasteiger partial charge is 0.236 e. The first-order chi connectivity index (χ1) is 7.64. The molecule has 4 nitrogen and oxygen atoms in total. The van der Waals surface area contributed by atoms with E-state index in [0.29, 0.717) is 13.0 Å². The Kier molecular flexibility index (Phi) is 3.02. The molecule has 1 heterocycles. The number of nitrogens with two attached hydrogens (primary N) is 1. The highest BCUT2D eigenvalue weighted by molar-refractivity contribution is 6.06. The summed E-state index contributed by atoms with van der Waals surface area (Å²) in [6, 6.07) is -0.0972. The van der Waals surface area contributed by atoms with Crippen LogP contribution in [0.2, 0.25) is 0 Å². The highest BCUT2D eigenvalue weighted by atomic mass is 16.2. The second-order valence-electron chi connectivity index (χ2n) is 5.03. The maximum absolute atomic E-state index is 12.3. The predicted octanol–water partition coefficient (Wildman–Crippen LogP) is 1.04. The van der Waals surface area contributed by atoms with E-state index in [2.05, 4.69) is 0 Å². The quantitative estimate of drug-likeness (QED) is 0.729. The molecule has 1 spiro atoms. The molecule has 2 rings (SSSR count). The van der Waals surface area contributed by atoms with Gasteiger partial charge in [-0.1, -0.05) is 19.8 Å². The van der Waals surface area contributed by atoms with E-state index in [1.54, 1.807) is 0 Å². The van der Waals surface area contributed by atoms with Crippen molar-refractivity contribution >= 4 is 11.8 Å². The monoisotopic (exact) mass is 224 g/mol. The molecule has 2 amide bonds. The Morgan fingerprint density at radius 2 is 2.00 bits per heavy atom. The molecule has 1 atom stereocenters. The molecule has 4 heteroatoms. The van der Waals surface area contributed by atoms with Crippen molar-refractivity contribution in [1.29, 1.82) is 0 Å². The van der Waals surface area contributed by atoms with Gasteiger partial charge in [-0.25, -0.2) is 0 Å². The van der Waals surface area contributed by atoms with Gasteiger partial charge in [0, 0.05) is 13.0 Å². The fourth-order valence-electron chi connectivity index (χ4n) is 3.09. The highest BCUT2D eigenvalue weighted by Crippen LogP contribution is 2.47. The van der Waals surface area contributed by atoms with Crippen molar-refractivity contribution in [3.05, 3.63) is 0 Å². The zero-order valence-electron chi connectivity index (χ0n) is 9.87. The average Bonchev–Trinajstić information content (AvgIpc) is 2.81. The van der Waals surface area contributed by atoms with Gasteiger partial charge in [0.2, 0.25) is 11.8 Å². The van der Waals surface area contributed by atoms with E-state index >= 15 is 0 Å². The number of carbonyl (C=O) groups is 2. The summed E-state index contributed by atoms with van der Waals surface area (Å²) in [4.78, 5) is 25.8. The molecule has 2 fully saturated rings. The topological polar surface area (TPSA) is 63.4 Å². The van der Waals surface area contributed by atoms with Crippen LogP contribution < -0.4 is 5.73 Å². The third-order valence-corrected chi connectivity index (χ3v) is 4.10. The Bertz CT molecular complexity index is 304. The number of imide groups is 1. The van der Waals surface area contributed by atoms with E-state index in [1.807, 2.05) is 6.92 Å². The molecule has 1 saturated heterocycles. The number of nitrogens with zero attached hydrogens (tertiary/aromatic N) is 1. The predicted molar refractivity (Wildman–Crippen MR) is 60.5 cm³/mol. The van der Waals surface area contributed by atoms with Crippen LogP contribution in [-0.2, 0) is 9.59 Å². The van der Waals surface area contributed by atoms with E-state index in [0.717, 1.165) is 32.1 Å². The summed E-state index contributed by atoms with van der Waals surface area (Å²) < 4.78 is 0. The van der Waals surface area contributed by atoms with Gasteiger partial charge < -0.3 is 5.73 Å². The number of rotatable bonds is 3. The Labute approximate surface area is 96.2 Å². The van der Waals surface area contributed by atoms with Crippen LogP contribution in [0.3, 0.4) is 0 Å². The van der Waals surface area contributed by atoms with Crippen molar-refractivity contribution < 1.29 is 9.59 Å². The number of amides is 2. The lowest BCUT2D eigenvalue weighted by Crippen LogP contribution is -2.45. The molecule has 90 valence electrons. The number of carbonyl (C=O) groups excluding carboxylic acids is 2. The summed E-state index contributed by atoms with van der Waals surface area (Å²) in [5.74, 6) is 0.0384. The van der Waals surface area contributed by atoms with Gasteiger partial charge in [-0.2, -0.15) is 0 Å². The molecule has 0 aromatic rings. The van der Waals surface area contributed by atoms with E-state index in [1.165, 1.54) is 4.90 Å². The van der Waals surface area contributed by atoms with Crippen LogP contribution in [0.15, 0.2) is 0 Å². The molecule has 2 N–H and O–H groups in total. The summed E-state index contributed by atoms with van der Waals surface area (Å²) in [7, 11) is 0. The Hall–Kier alpha value is -0.900. The summed E-state index contributed by atoms with van der Waals surface area (Å²) in [6.45, 7) is 2.35. The fourth-order valence-corrected chi connectivity index (χ4v) is 3.09. The molecular formula is C12H20N2O2. The van der Waals surface area contributed by atoms with Gasteiger partial charge in [-0.15, -0.1) is 0 Å². The lowest BCUT2D eigenvalue weighted by Gasteiger charge is -2.26. The standard InChI is InChI=1S/C12H20N2O2/c1-2-9(8-13)14-10(15)7-12(11(14)16)5-3-4-6-12/h9H,2-8,13H2,1H3. The Morgan fingerprint density at radius 3 is 2.50 bits per heavy atom. The van der Waals surface area contributed by atoms with Crippen molar-refractivity contribution in [2.75, 3.05) is 6.54 Å². The summed E-state index contributed by atoms with van der Waals surface area (Å²) in [6.07, 6.45) is 5.09. The number of hydrogen-bond donors (Lipinski definition) is 1. The first-order valence-corrected chi connectivity index (χ1v) is 6.21. The summed E-state index contributed by atoms with van der Waals surface area (Å²) in [5.41, 5.74) is 5.28. The van der Waals surface area contributed by atoms with Crippen LogP contribution in [0.5, 0.6) is 0 Å². The van der Waals surface area contributed by atoms with Crippen molar-refractivity contribution in [3.63, 3.8) is 0 Å². The third-order valence-electron chi connectivity index (χ3n) is 4.10. The molecule has 0 aromatic heterocycles. The number of likely N-dealkylation sites (tertiary alicyclic amines) is 1. The second-order valence-corrected chi connectivity index (χ2v) is 5.03. The van der Waals surface area contributed by atoms with E-state index in [-0.39, 0.29) is 23.3 Å². The molecule has 0 bridgehead atoms. The van der Waals surface area contributed by atoms with Gasteiger partial charge in [-0.3, -0.25) is 14.5 Å². The van der Waals surface area contributed by atoms with Crippen LogP contribution >= 0.6 is 0 Å². The maximum Gasteiger partial charge on any atom is 0.236 e. The minimum atomic E-state index is -0.348. The molecule has 1 aliphatic heterocycles. The van der Waals surface area contributed by atoms with E-state index < -0.39 is 0 Å². The molecule has 0 radical (unpaired) electrons. The van der Waals surface area contributed by atoms with Gasteiger partial charge >= 0.3 is 0 Å². The second kappa shape index (κ2) is 4.17.